The summed E-state index contributed by atoms with van der Waals surface area (Å²) in [5.41, 5.74) is 5.87. The van der Waals surface area contributed by atoms with Crippen LogP contribution in [-0.4, -0.2) is 54.1 Å². The molecule has 4 heterocycles. The molecule has 0 unspecified atom stereocenters. The summed E-state index contributed by atoms with van der Waals surface area (Å²) in [5.74, 6) is 0.980. The van der Waals surface area contributed by atoms with E-state index in [0.29, 0.717) is 6.04 Å². The molecule has 4 bridgehead atoms. The lowest BCUT2D eigenvalue weighted by Crippen LogP contribution is -2.34. The molecule has 4 rings (SSSR count). The molecule has 6 atom stereocenters. The second-order valence-electron chi connectivity index (χ2n) is 7.04. The maximum absolute atomic E-state index is 5.87. The van der Waals surface area contributed by atoms with Crippen LogP contribution in [0.25, 0.3) is 0 Å². The van der Waals surface area contributed by atoms with Gasteiger partial charge in [-0.2, -0.15) is 0 Å². The number of nitrogens with zero attached hydrogens (tertiary/aromatic N) is 2. The Morgan fingerprint density at radius 3 is 1.53 bits per heavy atom. The minimum atomic E-state index is 0. The number of rotatable bonds is 0. The van der Waals surface area contributed by atoms with Crippen LogP contribution in [0.1, 0.15) is 52.9 Å². The first-order valence-corrected chi connectivity index (χ1v) is 7.77. The number of nitrogens with two attached hydrogens (primary N) is 1. The summed E-state index contributed by atoms with van der Waals surface area (Å²) in [5, 5.41) is 0. The van der Waals surface area contributed by atoms with Crippen LogP contribution in [0.5, 0.6) is 0 Å². The van der Waals surface area contributed by atoms with Gasteiger partial charge in [0.2, 0.25) is 0 Å². The lowest BCUT2D eigenvalue weighted by Gasteiger charge is -2.16. The van der Waals surface area contributed by atoms with Gasteiger partial charge in [-0.05, 0) is 58.5 Å². The highest BCUT2D eigenvalue weighted by Crippen LogP contribution is 2.39. The van der Waals surface area contributed by atoms with E-state index in [1.807, 2.05) is 0 Å². The molecule has 4 saturated heterocycles. The van der Waals surface area contributed by atoms with E-state index in [9.17, 15) is 0 Å². The summed E-state index contributed by atoms with van der Waals surface area (Å²) < 4.78 is 0. The fraction of sp³-hybridized carbons (Fsp3) is 1.00. The van der Waals surface area contributed by atoms with E-state index < -0.39 is 0 Å². The van der Waals surface area contributed by atoms with E-state index >= 15 is 0 Å². The topological polar surface area (TPSA) is 32.5 Å². The Hall–Kier alpha value is -0.120. The second-order valence-corrected chi connectivity index (χ2v) is 7.04. The minimum Gasteiger partial charge on any atom is -0.326 e. The molecule has 0 aromatic heterocycles. The van der Waals surface area contributed by atoms with Crippen molar-refractivity contribution >= 4 is 0 Å². The predicted octanol–water partition coefficient (Wildman–Crippen LogP) is 2.31. The zero-order valence-electron chi connectivity index (χ0n) is 12.2. The molecular formula is C16H33N3. The van der Waals surface area contributed by atoms with Gasteiger partial charge < -0.3 is 10.6 Å². The molecule has 3 nitrogen and oxygen atoms in total. The third-order valence-corrected chi connectivity index (χ3v) is 6.13. The Morgan fingerprint density at radius 2 is 1.37 bits per heavy atom. The summed E-state index contributed by atoms with van der Waals surface area (Å²) in [6.45, 7) is 2.39. The third-order valence-electron chi connectivity index (χ3n) is 6.13. The summed E-state index contributed by atoms with van der Waals surface area (Å²) in [4.78, 5) is 5.02. The highest BCUT2D eigenvalue weighted by molar-refractivity contribution is 5.00. The van der Waals surface area contributed by atoms with E-state index in [0.717, 1.165) is 30.1 Å². The van der Waals surface area contributed by atoms with Crippen molar-refractivity contribution in [2.75, 3.05) is 14.1 Å². The van der Waals surface area contributed by atoms with Crippen molar-refractivity contribution in [3.8, 4) is 0 Å². The normalized spacial score (nSPS) is 48.0. The van der Waals surface area contributed by atoms with Crippen LogP contribution in [0.4, 0.5) is 0 Å². The molecule has 4 aliphatic rings. The Labute approximate surface area is 119 Å². The van der Waals surface area contributed by atoms with Crippen molar-refractivity contribution < 1.29 is 0 Å². The van der Waals surface area contributed by atoms with E-state index in [1.165, 1.54) is 38.5 Å². The molecule has 0 aromatic carbocycles. The Bertz CT molecular complexity index is 276. The molecule has 0 spiro atoms. The van der Waals surface area contributed by atoms with Crippen molar-refractivity contribution in [3.05, 3.63) is 0 Å². The van der Waals surface area contributed by atoms with E-state index in [-0.39, 0.29) is 7.43 Å². The summed E-state index contributed by atoms with van der Waals surface area (Å²) in [7, 11) is 4.49. The van der Waals surface area contributed by atoms with Gasteiger partial charge in [0.15, 0.2) is 0 Å². The molecule has 4 fully saturated rings. The fourth-order valence-corrected chi connectivity index (χ4v) is 4.91. The highest BCUT2D eigenvalue weighted by Gasteiger charge is 2.42. The maximum Gasteiger partial charge on any atom is 0.0248 e. The van der Waals surface area contributed by atoms with Crippen LogP contribution in [-0.2, 0) is 0 Å². The lowest BCUT2D eigenvalue weighted by atomic mass is 9.91. The van der Waals surface area contributed by atoms with Gasteiger partial charge in [-0.15, -0.1) is 0 Å². The SMILES string of the molecule is C.CN1[C@H]2CC[C@@H]1[C@H](N)C2.C[C@H]1C[C@H]2CC[C@@H]1N2C. The number of fused-ring (bicyclic) bond motifs is 4. The van der Waals surface area contributed by atoms with Crippen molar-refractivity contribution in [1.29, 1.82) is 0 Å². The smallest absolute Gasteiger partial charge is 0.0248 e. The third kappa shape index (κ3) is 2.57. The van der Waals surface area contributed by atoms with Crippen molar-refractivity contribution in [1.82, 2.24) is 9.80 Å². The summed E-state index contributed by atoms with van der Waals surface area (Å²) in [6.07, 6.45) is 8.34. The van der Waals surface area contributed by atoms with Crippen LogP contribution in [0, 0.1) is 5.92 Å². The van der Waals surface area contributed by atoms with Crippen molar-refractivity contribution in [3.63, 3.8) is 0 Å². The summed E-state index contributed by atoms with van der Waals surface area (Å²) >= 11 is 0. The second kappa shape index (κ2) is 5.71. The molecule has 4 aliphatic heterocycles. The van der Waals surface area contributed by atoms with Crippen molar-refractivity contribution in [2.45, 2.75) is 83.1 Å². The van der Waals surface area contributed by atoms with Gasteiger partial charge in [0.1, 0.15) is 0 Å². The molecular weight excluding hydrogens is 234 g/mol. The largest absolute Gasteiger partial charge is 0.326 e. The van der Waals surface area contributed by atoms with Gasteiger partial charge in [0.05, 0.1) is 0 Å². The molecule has 19 heavy (non-hydrogen) atoms. The lowest BCUT2D eigenvalue weighted by molar-refractivity contribution is 0.296. The number of likely N-dealkylation sites (N-methyl/N-ethyl adjacent to an activating group) is 1. The monoisotopic (exact) mass is 267 g/mol. The standard InChI is InChI=1S/C8H15N.C7H14N2.CH4/c1-6-5-7-3-4-8(6)9(7)2;1-9-5-2-3-7(9)6(8)4-5;/h6-8H,3-5H2,1-2H3;5-7H,2-4,8H2,1H3;1H4/t6-,7+,8-;5-,6+,7+;/m00./s1. The minimum absolute atomic E-state index is 0. The Kier molecular flexibility index (Phi) is 4.59. The van der Waals surface area contributed by atoms with Gasteiger partial charge >= 0.3 is 0 Å². The highest BCUT2D eigenvalue weighted by atomic mass is 15.2. The van der Waals surface area contributed by atoms with Gasteiger partial charge in [-0.25, -0.2) is 0 Å². The van der Waals surface area contributed by atoms with Gasteiger partial charge in [-0.3, -0.25) is 4.90 Å². The van der Waals surface area contributed by atoms with E-state index in [1.54, 1.807) is 0 Å². The van der Waals surface area contributed by atoms with Gasteiger partial charge in [0.25, 0.3) is 0 Å². The Balaban J connectivity index is 0.000000133. The van der Waals surface area contributed by atoms with Crippen LogP contribution in [0.2, 0.25) is 0 Å². The number of hydrogen-bond acceptors (Lipinski definition) is 3. The van der Waals surface area contributed by atoms with Crippen LogP contribution < -0.4 is 5.73 Å². The average molecular weight is 267 g/mol. The number of hydrogen-bond donors (Lipinski definition) is 1. The molecule has 0 aliphatic carbocycles. The zero-order valence-corrected chi connectivity index (χ0v) is 12.2. The first-order chi connectivity index (χ1) is 8.58. The van der Waals surface area contributed by atoms with Crippen LogP contribution >= 0.6 is 0 Å². The summed E-state index contributed by atoms with van der Waals surface area (Å²) in [6, 6.07) is 3.91. The molecule has 0 aromatic rings. The molecule has 0 saturated carbocycles. The predicted molar refractivity (Wildman–Crippen MR) is 82.3 cm³/mol. The Morgan fingerprint density at radius 1 is 0.842 bits per heavy atom. The molecule has 0 amide bonds. The fourth-order valence-electron chi connectivity index (χ4n) is 4.91. The van der Waals surface area contributed by atoms with E-state index in [4.69, 9.17) is 5.73 Å². The van der Waals surface area contributed by atoms with Crippen molar-refractivity contribution in [2.24, 2.45) is 11.7 Å². The maximum atomic E-state index is 5.87. The van der Waals surface area contributed by atoms with Gasteiger partial charge in [-0.1, -0.05) is 14.4 Å². The van der Waals surface area contributed by atoms with Gasteiger partial charge in [0, 0.05) is 30.2 Å². The van der Waals surface area contributed by atoms with Crippen LogP contribution in [0.15, 0.2) is 0 Å². The average Bonchev–Trinajstić information content (AvgIpc) is 3.02. The molecule has 2 N–H and O–H groups in total. The zero-order chi connectivity index (χ0) is 12.9. The molecule has 0 radical (unpaired) electrons. The first-order valence-electron chi connectivity index (χ1n) is 7.77. The molecule has 3 heteroatoms. The quantitative estimate of drug-likeness (QED) is 0.731. The van der Waals surface area contributed by atoms with Crippen LogP contribution in [0.3, 0.4) is 0 Å². The molecule has 112 valence electrons. The van der Waals surface area contributed by atoms with E-state index in [2.05, 4.69) is 30.8 Å². The first kappa shape index (κ1) is 15.3.